The van der Waals surface area contributed by atoms with Crippen LogP contribution in [0.3, 0.4) is 0 Å². The number of nitrogen functional groups attached to an aromatic ring is 1. The first kappa shape index (κ1) is 16.7. The Labute approximate surface area is 138 Å². The molecule has 2 aromatic rings. The quantitative estimate of drug-likeness (QED) is 0.933. The Morgan fingerprint density at radius 1 is 1.25 bits per heavy atom. The molecule has 1 aliphatic heterocycles. The minimum Gasteiger partial charge on any atom is -0.384 e. The molecule has 3 rings (SSSR count). The number of alkyl halides is 3. The van der Waals surface area contributed by atoms with E-state index in [1.165, 1.54) is 12.1 Å². The maximum atomic E-state index is 12.9. The average Bonchev–Trinajstić information content (AvgIpc) is 2.54. The molecule has 24 heavy (non-hydrogen) atoms. The SMILES string of the molecule is Nc1ccnc(CN2CCC[C@H](c3cccc(C(F)(F)F)c3)C2)n1. The molecule has 2 heterocycles. The second kappa shape index (κ2) is 6.76. The fraction of sp³-hybridized carbons (Fsp3) is 0.412. The maximum absolute atomic E-state index is 12.9. The van der Waals surface area contributed by atoms with Crippen LogP contribution in [-0.2, 0) is 12.7 Å². The lowest BCUT2D eigenvalue weighted by Gasteiger charge is -2.32. The number of nitrogens with zero attached hydrogens (tertiary/aromatic N) is 3. The van der Waals surface area contributed by atoms with E-state index in [1.54, 1.807) is 18.3 Å². The summed E-state index contributed by atoms with van der Waals surface area (Å²) in [5.74, 6) is 1.15. The van der Waals surface area contributed by atoms with Gasteiger partial charge >= 0.3 is 6.18 Å². The minimum atomic E-state index is -4.31. The molecule has 1 saturated heterocycles. The Morgan fingerprint density at radius 2 is 2.08 bits per heavy atom. The second-order valence-electron chi connectivity index (χ2n) is 6.10. The van der Waals surface area contributed by atoms with Gasteiger partial charge in [0, 0.05) is 12.7 Å². The van der Waals surface area contributed by atoms with Gasteiger partial charge in [0.2, 0.25) is 0 Å². The standard InChI is InChI=1S/C17H19F3N4/c18-17(19,20)14-5-1-3-12(9-14)13-4-2-8-24(10-13)11-16-22-7-6-15(21)23-16/h1,3,5-7,9,13H,2,4,8,10-11H2,(H2,21,22,23)/t13-/m0/s1. The van der Waals surface area contributed by atoms with Gasteiger partial charge in [-0.05, 0) is 43.0 Å². The fourth-order valence-electron chi connectivity index (χ4n) is 3.13. The molecule has 0 saturated carbocycles. The third-order valence-electron chi connectivity index (χ3n) is 4.28. The van der Waals surface area contributed by atoms with E-state index < -0.39 is 11.7 Å². The molecule has 2 N–H and O–H groups in total. The average molecular weight is 336 g/mol. The van der Waals surface area contributed by atoms with Gasteiger partial charge in [-0.1, -0.05) is 18.2 Å². The monoisotopic (exact) mass is 336 g/mol. The van der Waals surface area contributed by atoms with Gasteiger partial charge in [-0.25, -0.2) is 9.97 Å². The van der Waals surface area contributed by atoms with Crippen molar-refractivity contribution in [2.45, 2.75) is 31.5 Å². The molecule has 1 aromatic heterocycles. The van der Waals surface area contributed by atoms with Gasteiger partial charge in [0.15, 0.2) is 0 Å². The van der Waals surface area contributed by atoms with E-state index in [0.29, 0.717) is 24.7 Å². The van der Waals surface area contributed by atoms with Gasteiger partial charge in [0.25, 0.3) is 0 Å². The van der Waals surface area contributed by atoms with Crippen molar-refractivity contribution in [2.24, 2.45) is 0 Å². The van der Waals surface area contributed by atoms with E-state index in [4.69, 9.17) is 5.73 Å². The van der Waals surface area contributed by atoms with E-state index in [9.17, 15) is 13.2 Å². The number of piperidine rings is 1. The summed E-state index contributed by atoms with van der Waals surface area (Å²) in [6, 6.07) is 7.28. The summed E-state index contributed by atoms with van der Waals surface area (Å²) in [6.07, 6.45) is -0.871. The highest BCUT2D eigenvalue weighted by molar-refractivity contribution is 5.29. The number of nitrogens with two attached hydrogens (primary N) is 1. The minimum absolute atomic E-state index is 0.0853. The zero-order chi connectivity index (χ0) is 17.2. The molecule has 1 fully saturated rings. The van der Waals surface area contributed by atoms with Crippen LogP contribution in [0, 0.1) is 0 Å². The summed E-state index contributed by atoms with van der Waals surface area (Å²) in [5.41, 5.74) is 5.82. The Kier molecular flexibility index (Phi) is 4.71. The molecule has 7 heteroatoms. The molecule has 1 atom stereocenters. The van der Waals surface area contributed by atoms with Crippen molar-refractivity contribution in [3.8, 4) is 0 Å². The lowest BCUT2D eigenvalue weighted by Crippen LogP contribution is -2.34. The van der Waals surface area contributed by atoms with Crippen LogP contribution in [0.5, 0.6) is 0 Å². The molecule has 0 aliphatic carbocycles. The number of aromatic nitrogens is 2. The summed E-state index contributed by atoms with van der Waals surface area (Å²) in [5, 5.41) is 0. The predicted octanol–water partition coefficient (Wildman–Crippen LogP) is 3.46. The molecular weight excluding hydrogens is 317 g/mol. The number of anilines is 1. The van der Waals surface area contributed by atoms with Crippen molar-refractivity contribution >= 4 is 5.82 Å². The lowest BCUT2D eigenvalue weighted by molar-refractivity contribution is -0.137. The first-order valence-corrected chi connectivity index (χ1v) is 7.89. The molecule has 0 radical (unpaired) electrons. The van der Waals surface area contributed by atoms with Crippen molar-refractivity contribution in [1.29, 1.82) is 0 Å². The predicted molar refractivity (Wildman–Crippen MR) is 85.1 cm³/mol. The highest BCUT2D eigenvalue weighted by Crippen LogP contribution is 2.33. The lowest BCUT2D eigenvalue weighted by atomic mass is 9.89. The topological polar surface area (TPSA) is 55.0 Å². The van der Waals surface area contributed by atoms with E-state index in [1.807, 2.05) is 0 Å². The molecule has 0 spiro atoms. The molecule has 1 aliphatic rings. The van der Waals surface area contributed by atoms with Gasteiger partial charge in [-0.3, -0.25) is 4.90 Å². The smallest absolute Gasteiger partial charge is 0.384 e. The van der Waals surface area contributed by atoms with Gasteiger partial charge < -0.3 is 5.73 Å². The molecular formula is C17H19F3N4. The number of benzene rings is 1. The van der Waals surface area contributed by atoms with Crippen LogP contribution >= 0.6 is 0 Å². The van der Waals surface area contributed by atoms with Crippen LogP contribution in [0.2, 0.25) is 0 Å². The van der Waals surface area contributed by atoms with Crippen LogP contribution < -0.4 is 5.73 Å². The van der Waals surface area contributed by atoms with E-state index in [0.717, 1.165) is 31.0 Å². The van der Waals surface area contributed by atoms with Crippen LogP contribution in [-0.4, -0.2) is 28.0 Å². The highest BCUT2D eigenvalue weighted by Gasteiger charge is 2.31. The summed E-state index contributed by atoms with van der Waals surface area (Å²) in [6.45, 7) is 2.13. The molecule has 0 amide bonds. The molecule has 1 aromatic carbocycles. The number of likely N-dealkylation sites (tertiary alicyclic amines) is 1. The summed E-state index contributed by atoms with van der Waals surface area (Å²) in [4.78, 5) is 10.6. The van der Waals surface area contributed by atoms with Crippen molar-refractivity contribution in [3.63, 3.8) is 0 Å². The first-order valence-electron chi connectivity index (χ1n) is 7.89. The van der Waals surface area contributed by atoms with Gasteiger partial charge in [-0.2, -0.15) is 13.2 Å². The van der Waals surface area contributed by atoms with Gasteiger partial charge in [-0.15, -0.1) is 0 Å². The third-order valence-corrected chi connectivity index (χ3v) is 4.28. The summed E-state index contributed by atoms with van der Waals surface area (Å²) < 4.78 is 38.7. The van der Waals surface area contributed by atoms with Crippen LogP contribution in [0.15, 0.2) is 36.5 Å². The summed E-state index contributed by atoms with van der Waals surface area (Å²) >= 11 is 0. The molecule has 4 nitrogen and oxygen atoms in total. The number of rotatable bonds is 3. The Morgan fingerprint density at radius 3 is 2.83 bits per heavy atom. The van der Waals surface area contributed by atoms with Crippen molar-refractivity contribution in [1.82, 2.24) is 14.9 Å². The Bertz CT molecular complexity index is 702. The second-order valence-corrected chi connectivity index (χ2v) is 6.10. The maximum Gasteiger partial charge on any atom is 0.416 e. The highest BCUT2D eigenvalue weighted by atomic mass is 19.4. The normalized spacial score (nSPS) is 19.4. The van der Waals surface area contributed by atoms with Gasteiger partial charge in [0.05, 0.1) is 12.1 Å². The van der Waals surface area contributed by atoms with Crippen LogP contribution in [0.25, 0.3) is 0 Å². The largest absolute Gasteiger partial charge is 0.416 e. The molecule has 128 valence electrons. The van der Waals surface area contributed by atoms with Crippen molar-refractivity contribution in [3.05, 3.63) is 53.5 Å². The van der Waals surface area contributed by atoms with Gasteiger partial charge in [0.1, 0.15) is 11.6 Å². The number of hydrogen-bond donors (Lipinski definition) is 1. The number of halogens is 3. The molecule has 0 unspecified atom stereocenters. The Hall–Kier alpha value is -2.15. The summed E-state index contributed by atoms with van der Waals surface area (Å²) in [7, 11) is 0. The van der Waals surface area contributed by atoms with E-state index >= 15 is 0 Å². The van der Waals surface area contributed by atoms with Crippen molar-refractivity contribution < 1.29 is 13.2 Å². The zero-order valence-electron chi connectivity index (χ0n) is 13.1. The van der Waals surface area contributed by atoms with Crippen LogP contribution in [0.1, 0.15) is 35.7 Å². The van der Waals surface area contributed by atoms with Crippen molar-refractivity contribution in [2.75, 3.05) is 18.8 Å². The van der Waals surface area contributed by atoms with Crippen LogP contribution in [0.4, 0.5) is 19.0 Å². The zero-order valence-corrected chi connectivity index (χ0v) is 13.1. The van der Waals surface area contributed by atoms with E-state index in [-0.39, 0.29) is 5.92 Å². The third kappa shape index (κ3) is 4.03. The van der Waals surface area contributed by atoms with E-state index in [2.05, 4.69) is 14.9 Å². The number of hydrogen-bond acceptors (Lipinski definition) is 4. The fourth-order valence-corrected chi connectivity index (χ4v) is 3.13. The first-order chi connectivity index (χ1) is 11.4. The Balaban J connectivity index is 1.71. The molecule has 0 bridgehead atoms.